The van der Waals surface area contributed by atoms with Gasteiger partial charge in [0.15, 0.2) is 0 Å². The van der Waals surface area contributed by atoms with Gasteiger partial charge in [-0.1, -0.05) is 36.4 Å². The van der Waals surface area contributed by atoms with E-state index in [4.69, 9.17) is 9.47 Å². The normalized spacial score (nSPS) is 13.9. The molecule has 0 atom stereocenters. The molecule has 9 nitrogen and oxygen atoms in total. The van der Waals surface area contributed by atoms with Crippen LogP contribution in [-0.2, 0) is 9.47 Å². The van der Waals surface area contributed by atoms with Gasteiger partial charge in [0.2, 0.25) is 0 Å². The molecule has 2 heterocycles. The third-order valence-electron chi connectivity index (χ3n) is 6.12. The molecule has 0 unspecified atom stereocenters. The second kappa shape index (κ2) is 12.2. The van der Waals surface area contributed by atoms with Gasteiger partial charge in [-0.2, -0.15) is 0 Å². The van der Waals surface area contributed by atoms with Gasteiger partial charge < -0.3 is 24.6 Å². The van der Waals surface area contributed by atoms with Crippen LogP contribution in [-0.4, -0.2) is 60.4 Å². The van der Waals surface area contributed by atoms with Gasteiger partial charge in [0.1, 0.15) is 11.2 Å². The number of carbonyl (C=O) groups is 3. The van der Waals surface area contributed by atoms with E-state index in [0.717, 1.165) is 16.8 Å². The number of benzene rings is 2. The molecule has 1 fully saturated rings. The minimum absolute atomic E-state index is 0.286. The number of thiophene rings is 1. The molecular weight excluding hydrogens is 540 g/mol. The number of carbonyl (C=O) groups excluding carboxylic acids is 3. The highest BCUT2D eigenvalue weighted by atomic mass is 32.1. The summed E-state index contributed by atoms with van der Waals surface area (Å²) in [5, 5.41) is 7.68. The SMILES string of the molecule is CC(C)(C)OC(=O)Nc1ccc(-c2ccccc2)cc1NC(=O)c1cc(N2CCN(C(=O)OC(C)(C)C)CC2)cs1. The highest BCUT2D eigenvalue weighted by Gasteiger charge is 2.27. The van der Waals surface area contributed by atoms with E-state index in [1.54, 1.807) is 31.7 Å². The average Bonchev–Trinajstić information content (AvgIpc) is 3.39. The summed E-state index contributed by atoms with van der Waals surface area (Å²) in [6, 6.07) is 17.1. The lowest BCUT2D eigenvalue weighted by molar-refractivity contribution is 0.0240. The summed E-state index contributed by atoms with van der Waals surface area (Å²) in [5.74, 6) is -0.286. The van der Waals surface area contributed by atoms with E-state index in [0.29, 0.717) is 42.4 Å². The van der Waals surface area contributed by atoms with Crippen LogP contribution in [0.3, 0.4) is 0 Å². The molecule has 0 saturated carbocycles. The van der Waals surface area contributed by atoms with Gasteiger partial charge in [-0.15, -0.1) is 11.3 Å². The quantitative estimate of drug-likeness (QED) is 0.336. The van der Waals surface area contributed by atoms with Gasteiger partial charge in [-0.25, -0.2) is 9.59 Å². The molecule has 2 aromatic carbocycles. The predicted molar refractivity (Wildman–Crippen MR) is 164 cm³/mol. The average molecular weight is 579 g/mol. The number of piperazine rings is 1. The summed E-state index contributed by atoms with van der Waals surface area (Å²) < 4.78 is 10.9. The number of amides is 3. The molecule has 0 spiro atoms. The molecule has 1 saturated heterocycles. The first-order chi connectivity index (χ1) is 19.3. The van der Waals surface area contributed by atoms with Gasteiger partial charge in [-0.3, -0.25) is 10.1 Å². The molecule has 1 aliphatic rings. The third-order valence-corrected chi connectivity index (χ3v) is 7.03. The van der Waals surface area contributed by atoms with Crippen molar-refractivity contribution in [3.8, 4) is 11.1 Å². The van der Waals surface area contributed by atoms with Crippen LogP contribution in [0.4, 0.5) is 26.7 Å². The third kappa shape index (κ3) is 8.47. The molecule has 0 aliphatic carbocycles. The molecular formula is C31H38N4O5S. The summed E-state index contributed by atoms with van der Waals surface area (Å²) in [6.07, 6.45) is -0.916. The lowest BCUT2D eigenvalue weighted by Gasteiger charge is -2.36. The number of hydrogen-bond donors (Lipinski definition) is 2. The minimum Gasteiger partial charge on any atom is -0.444 e. The zero-order valence-electron chi connectivity index (χ0n) is 24.4. The Kier molecular flexibility index (Phi) is 8.92. The fourth-order valence-electron chi connectivity index (χ4n) is 4.25. The van der Waals surface area contributed by atoms with Gasteiger partial charge in [-0.05, 0) is 70.9 Å². The highest BCUT2D eigenvalue weighted by Crippen LogP contribution is 2.31. The van der Waals surface area contributed by atoms with Gasteiger partial charge >= 0.3 is 12.2 Å². The number of rotatable bonds is 5. The Hall–Kier alpha value is -4.05. The van der Waals surface area contributed by atoms with E-state index in [2.05, 4.69) is 15.5 Å². The maximum absolute atomic E-state index is 13.4. The molecule has 3 amide bonds. The monoisotopic (exact) mass is 578 g/mol. The Morgan fingerprint density at radius 3 is 2.05 bits per heavy atom. The molecule has 2 N–H and O–H groups in total. The molecule has 10 heteroatoms. The van der Waals surface area contributed by atoms with Crippen molar-refractivity contribution < 1.29 is 23.9 Å². The van der Waals surface area contributed by atoms with E-state index < -0.39 is 17.3 Å². The number of nitrogens with one attached hydrogen (secondary N) is 2. The van der Waals surface area contributed by atoms with Crippen molar-refractivity contribution in [1.82, 2.24) is 4.90 Å². The lowest BCUT2D eigenvalue weighted by Crippen LogP contribution is -2.50. The Labute approximate surface area is 245 Å². The zero-order valence-corrected chi connectivity index (χ0v) is 25.3. The van der Waals surface area contributed by atoms with E-state index in [-0.39, 0.29) is 12.0 Å². The van der Waals surface area contributed by atoms with Crippen molar-refractivity contribution in [2.45, 2.75) is 52.7 Å². The number of ether oxygens (including phenoxy) is 2. The second-order valence-corrected chi connectivity index (χ2v) is 12.7. The standard InChI is InChI=1S/C31H38N4O5S/c1-30(2,3)39-28(37)33-24-13-12-22(21-10-8-7-9-11-21)18-25(24)32-27(36)26-19-23(20-41-26)34-14-16-35(17-15-34)29(38)40-31(4,5)6/h7-13,18-20H,14-17H2,1-6H3,(H,32,36)(H,33,37). The van der Waals surface area contributed by atoms with Crippen molar-refractivity contribution in [1.29, 1.82) is 0 Å². The van der Waals surface area contributed by atoms with Crippen LogP contribution >= 0.6 is 11.3 Å². The van der Waals surface area contributed by atoms with E-state index in [9.17, 15) is 14.4 Å². The van der Waals surface area contributed by atoms with Crippen LogP contribution < -0.4 is 15.5 Å². The predicted octanol–water partition coefficient (Wildman–Crippen LogP) is 7.07. The topological polar surface area (TPSA) is 100 Å². The Bertz CT molecular complexity index is 1380. The van der Waals surface area contributed by atoms with Crippen LogP contribution in [0.15, 0.2) is 60.0 Å². The van der Waals surface area contributed by atoms with E-state index in [1.807, 2.05) is 74.7 Å². The van der Waals surface area contributed by atoms with Gasteiger partial charge in [0, 0.05) is 37.2 Å². The van der Waals surface area contributed by atoms with Crippen LogP contribution in [0.5, 0.6) is 0 Å². The van der Waals surface area contributed by atoms with Crippen molar-refractivity contribution in [2.75, 3.05) is 41.7 Å². The second-order valence-electron chi connectivity index (χ2n) is 11.8. The maximum atomic E-state index is 13.4. The summed E-state index contributed by atoms with van der Waals surface area (Å²) >= 11 is 1.34. The van der Waals surface area contributed by atoms with E-state index in [1.165, 1.54) is 11.3 Å². The fraction of sp³-hybridized carbons (Fsp3) is 0.387. The largest absolute Gasteiger partial charge is 0.444 e. The van der Waals surface area contributed by atoms with Crippen molar-refractivity contribution in [2.24, 2.45) is 0 Å². The first kappa shape index (κ1) is 29.9. The lowest BCUT2D eigenvalue weighted by atomic mass is 10.0. The first-order valence-corrected chi connectivity index (χ1v) is 14.5. The summed E-state index contributed by atoms with van der Waals surface area (Å²) in [6.45, 7) is 13.3. The molecule has 1 aliphatic heterocycles. The van der Waals surface area contributed by atoms with Crippen molar-refractivity contribution >= 4 is 46.5 Å². The van der Waals surface area contributed by atoms with Crippen LogP contribution in [0.25, 0.3) is 11.1 Å². The Balaban J connectivity index is 1.47. The molecule has 218 valence electrons. The van der Waals surface area contributed by atoms with Crippen LogP contribution in [0.1, 0.15) is 51.2 Å². The van der Waals surface area contributed by atoms with Gasteiger partial charge in [0.25, 0.3) is 5.91 Å². The molecule has 3 aromatic rings. The molecule has 41 heavy (non-hydrogen) atoms. The van der Waals surface area contributed by atoms with Gasteiger partial charge in [0.05, 0.1) is 16.3 Å². The summed E-state index contributed by atoms with van der Waals surface area (Å²) in [7, 11) is 0. The minimum atomic E-state index is -0.663. The maximum Gasteiger partial charge on any atom is 0.412 e. The highest BCUT2D eigenvalue weighted by molar-refractivity contribution is 7.12. The number of nitrogens with zero attached hydrogens (tertiary/aromatic N) is 2. The molecule has 1 aromatic heterocycles. The first-order valence-electron chi connectivity index (χ1n) is 13.6. The summed E-state index contributed by atoms with van der Waals surface area (Å²) in [5.41, 5.74) is 2.50. The van der Waals surface area contributed by atoms with E-state index >= 15 is 0 Å². The number of hydrogen-bond acceptors (Lipinski definition) is 7. The van der Waals surface area contributed by atoms with Crippen molar-refractivity contribution in [3.63, 3.8) is 0 Å². The van der Waals surface area contributed by atoms with Crippen LogP contribution in [0.2, 0.25) is 0 Å². The smallest absolute Gasteiger partial charge is 0.412 e. The molecule has 4 rings (SSSR count). The summed E-state index contributed by atoms with van der Waals surface area (Å²) in [4.78, 5) is 42.7. The fourth-order valence-corrected chi connectivity index (χ4v) is 5.06. The molecule has 0 bridgehead atoms. The van der Waals surface area contributed by atoms with Crippen molar-refractivity contribution in [3.05, 3.63) is 64.9 Å². The Morgan fingerprint density at radius 2 is 1.41 bits per heavy atom. The zero-order chi connectivity index (χ0) is 29.8. The Morgan fingerprint density at radius 1 is 0.756 bits per heavy atom. The molecule has 0 radical (unpaired) electrons. The van der Waals surface area contributed by atoms with Crippen LogP contribution in [0, 0.1) is 0 Å². The number of anilines is 3.